The molecule has 1 heterocycles. The van der Waals surface area contributed by atoms with Crippen LogP contribution in [0.4, 0.5) is 5.69 Å². The van der Waals surface area contributed by atoms with Crippen molar-refractivity contribution >= 4 is 17.5 Å². The molecule has 0 saturated carbocycles. The number of nitrogens with one attached hydrogen (secondary N) is 1. The lowest BCUT2D eigenvalue weighted by molar-refractivity contribution is -0.130. The van der Waals surface area contributed by atoms with Gasteiger partial charge in [0.05, 0.1) is 7.11 Å². The van der Waals surface area contributed by atoms with Crippen LogP contribution in [0.3, 0.4) is 0 Å². The van der Waals surface area contributed by atoms with E-state index in [4.69, 9.17) is 9.47 Å². The summed E-state index contributed by atoms with van der Waals surface area (Å²) in [5.74, 6) is 0.479. The molecule has 30 heavy (non-hydrogen) atoms. The molecule has 0 radical (unpaired) electrons. The van der Waals surface area contributed by atoms with Crippen LogP contribution in [0, 0.1) is 5.92 Å². The van der Waals surface area contributed by atoms with Crippen LogP contribution in [0.15, 0.2) is 48.5 Å². The molecule has 2 amide bonds. The quantitative estimate of drug-likeness (QED) is 0.824. The molecule has 3 rings (SSSR count). The number of amides is 2. The summed E-state index contributed by atoms with van der Waals surface area (Å²) < 4.78 is 11.5. The number of anilines is 1. The number of rotatable bonds is 4. The Morgan fingerprint density at radius 3 is 2.37 bits per heavy atom. The molecule has 2 unspecified atom stereocenters. The second kappa shape index (κ2) is 8.38. The van der Waals surface area contributed by atoms with Gasteiger partial charge in [0.15, 0.2) is 6.10 Å². The zero-order chi connectivity index (χ0) is 22.1. The van der Waals surface area contributed by atoms with Gasteiger partial charge in [0, 0.05) is 22.9 Å². The van der Waals surface area contributed by atoms with Crippen LogP contribution in [-0.2, 0) is 9.59 Å². The molecule has 1 aliphatic rings. The Hall–Kier alpha value is -3.02. The number of nitrogens with zero attached hydrogens (tertiary/aromatic N) is 1. The molecule has 0 spiro atoms. The number of carbonyl (C=O) groups excluding carboxylic acids is 2. The van der Waals surface area contributed by atoms with Crippen LogP contribution in [-0.4, -0.2) is 30.6 Å². The minimum atomic E-state index is -0.871. The number of benzene rings is 2. The highest BCUT2D eigenvalue weighted by atomic mass is 16.5. The third kappa shape index (κ3) is 4.42. The van der Waals surface area contributed by atoms with Gasteiger partial charge in [-0.05, 0) is 51.0 Å². The van der Waals surface area contributed by atoms with Crippen molar-refractivity contribution < 1.29 is 19.1 Å². The molecule has 160 valence electrons. The number of hydrogen-bond donors (Lipinski definition) is 1. The fourth-order valence-electron chi connectivity index (χ4n) is 3.54. The minimum absolute atomic E-state index is 0.0906. The fraction of sp³-hybridized carbons (Fsp3) is 0.417. The van der Waals surface area contributed by atoms with Gasteiger partial charge in [-0.15, -0.1) is 0 Å². The number of hydrogen-bond acceptors (Lipinski definition) is 4. The van der Waals surface area contributed by atoms with Crippen LogP contribution in [0.2, 0.25) is 0 Å². The molecule has 2 aromatic carbocycles. The van der Waals surface area contributed by atoms with E-state index in [1.165, 1.54) is 0 Å². The fourth-order valence-corrected chi connectivity index (χ4v) is 3.54. The first kappa shape index (κ1) is 21.7. The molecule has 1 aliphatic heterocycles. The van der Waals surface area contributed by atoms with Crippen molar-refractivity contribution in [2.45, 2.75) is 52.3 Å². The standard InChI is InChI=1S/C24H30N2O4/c1-15(2)21-23(28)26(16-10-8-7-9-11-16)20(22(27)25-24(3,4)5)18-13-12-17(29-6)14-19(18)30-21/h7-15,20-21H,1-6H3,(H,25,27). The predicted octanol–water partition coefficient (Wildman–Crippen LogP) is 4.10. The maximum Gasteiger partial charge on any atom is 0.269 e. The Kier molecular flexibility index (Phi) is 6.06. The monoisotopic (exact) mass is 410 g/mol. The van der Waals surface area contributed by atoms with E-state index in [2.05, 4.69) is 5.32 Å². The summed E-state index contributed by atoms with van der Waals surface area (Å²) in [7, 11) is 1.57. The first-order chi connectivity index (χ1) is 14.1. The third-order valence-corrected chi connectivity index (χ3v) is 4.89. The molecular formula is C24H30N2O4. The smallest absolute Gasteiger partial charge is 0.269 e. The SMILES string of the molecule is COc1ccc2c(c1)OC(C(C)C)C(=O)N(c1ccccc1)C2C(=O)NC(C)(C)C. The number of fused-ring (bicyclic) bond motifs is 1. The van der Waals surface area contributed by atoms with E-state index >= 15 is 0 Å². The van der Waals surface area contributed by atoms with Gasteiger partial charge >= 0.3 is 0 Å². The van der Waals surface area contributed by atoms with E-state index in [1.807, 2.05) is 65.0 Å². The number of methoxy groups -OCH3 is 1. The Labute approximate surface area is 178 Å². The summed E-state index contributed by atoms with van der Waals surface area (Å²) in [4.78, 5) is 28.7. The van der Waals surface area contributed by atoms with Crippen molar-refractivity contribution in [3.63, 3.8) is 0 Å². The molecule has 0 aromatic heterocycles. The Morgan fingerprint density at radius 2 is 1.80 bits per heavy atom. The largest absolute Gasteiger partial charge is 0.497 e. The van der Waals surface area contributed by atoms with E-state index < -0.39 is 17.7 Å². The summed E-state index contributed by atoms with van der Waals surface area (Å²) in [5, 5.41) is 3.03. The molecule has 0 bridgehead atoms. The van der Waals surface area contributed by atoms with Crippen molar-refractivity contribution in [1.29, 1.82) is 0 Å². The highest BCUT2D eigenvalue weighted by molar-refractivity contribution is 6.04. The van der Waals surface area contributed by atoms with E-state index in [0.29, 0.717) is 22.7 Å². The highest BCUT2D eigenvalue weighted by Crippen LogP contribution is 2.40. The van der Waals surface area contributed by atoms with Crippen LogP contribution < -0.4 is 19.7 Å². The van der Waals surface area contributed by atoms with Gasteiger partial charge in [-0.25, -0.2) is 0 Å². The van der Waals surface area contributed by atoms with Crippen molar-refractivity contribution in [3.05, 3.63) is 54.1 Å². The molecule has 0 aliphatic carbocycles. The first-order valence-corrected chi connectivity index (χ1v) is 10.2. The van der Waals surface area contributed by atoms with Gasteiger partial charge in [-0.1, -0.05) is 32.0 Å². The molecule has 1 N–H and O–H groups in total. The zero-order valence-electron chi connectivity index (χ0n) is 18.4. The molecule has 6 nitrogen and oxygen atoms in total. The second-order valence-electron chi connectivity index (χ2n) is 8.87. The van der Waals surface area contributed by atoms with E-state index in [-0.39, 0.29) is 17.7 Å². The van der Waals surface area contributed by atoms with Gasteiger partial charge in [-0.2, -0.15) is 0 Å². The maximum absolute atomic E-state index is 13.7. The molecule has 0 saturated heterocycles. The molecule has 2 atom stereocenters. The molecule has 2 aromatic rings. The second-order valence-corrected chi connectivity index (χ2v) is 8.87. The lowest BCUT2D eigenvalue weighted by atomic mass is 9.99. The summed E-state index contributed by atoms with van der Waals surface area (Å²) in [6.07, 6.45) is -0.733. The topological polar surface area (TPSA) is 67.9 Å². The summed E-state index contributed by atoms with van der Waals surface area (Å²) >= 11 is 0. The normalized spacial score (nSPS) is 19.0. The average molecular weight is 411 g/mol. The van der Waals surface area contributed by atoms with Gasteiger partial charge in [0.25, 0.3) is 5.91 Å². The van der Waals surface area contributed by atoms with Crippen molar-refractivity contribution in [2.24, 2.45) is 5.92 Å². The minimum Gasteiger partial charge on any atom is -0.497 e. The van der Waals surface area contributed by atoms with Crippen LogP contribution >= 0.6 is 0 Å². The summed E-state index contributed by atoms with van der Waals surface area (Å²) in [6, 6.07) is 13.7. The van der Waals surface area contributed by atoms with Crippen LogP contribution in [0.25, 0.3) is 0 Å². The number of para-hydroxylation sites is 1. The highest BCUT2D eigenvalue weighted by Gasteiger charge is 2.43. The average Bonchev–Trinajstić information content (AvgIpc) is 2.81. The molecule has 0 fully saturated rings. The summed E-state index contributed by atoms with van der Waals surface area (Å²) in [6.45, 7) is 9.61. The Morgan fingerprint density at radius 1 is 1.13 bits per heavy atom. The van der Waals surface area contributed by atoms with Gasteiger partial charge in [-0.3, -0.25) is 14.5 Å². The van der Waals surface area contributed by atoms with Crippen molar-refractivity contribution in [1.82, 2.24) is 5.32 Å². The Bertz CT molecular complexity index is 919. The van der Waals surface area contributed by atoms with Crippen LogP contribution in [0.1, 0.15) is 46.2 Å². The lowest BCUT2D eigenvalue weighted by Gasteiger charge is -2.33. The number of ether oxygens (including phenoxy) is 2. The van der Waals surface area contributed by atoms with Crippen molar-refractivity contribution in [2.75, 3.05) is 12.0 Å². The summed E-state index contributed by atoms with van der Waals surface area (Å²) in [5.41, 5.74) is 0.812. The van der Waals surface area contributed by atoms with E-state index in [9.17, 15) is 9.59 Å². The predicted molar refractivity (Wildman–Crippen MR) is 117 cm³/mol. The van der Waals surface area contributed by atoms with Crippen molar-refractivity contribution in [3.8, 4) is 11.5 Å². The van der Waals surface area contributed by atoms with Gasteiger partial charge in [0.1, 0.15) is 17.5 Å². The maximum atomic E-state index is 13.7. The van der Waals surface area contributed by atoms with Gasteiger partial charge < -0.3 is 14.8 Å². The first-order valence-electron chi connectivity index (χ1n) is 10.2. The van der Waals surface area contributed by atoms with Gasteiger partial charge in [0.2, 0.25) is 5.91 Å². The van der Waals surface area contributed by atoms with Crippen LogP contribution in [0.5, 0.6) is 11.5 Å². The zero-order valence-corrected chi connectivity index (χ0v) is 18.4. The molecular weight excluding hydrogens is 380 g/mol. The molecule has 6 heteroatoms. The van der Waals surface area contributed by atoms with E-state index in [0.717, 1.165) is 0 Å². The number of carbonyl (C=O) groups is 2. The van der Waals surface area contributed by atoms with E-state index in [1.54, 1.807) is 30.2 Å². The third-order valence-electron chi connectivity index (χ3n) is 4.89. The lowest BCUT2D eigenvalue weighted by Crippen LogP contribution is -2.51. The Balaban J connectivity index is 2.24.